The van der Waals surface area contributed by atoms with Gasteiger partial charge in [-0.15, -0.1) is 0 Å². The molecule has 0 aliphatic rings. The summed E-state index contributed by atoms with van der Waals surface area (Å²) in [6, 6.07) is 69.1. The Morgan fingerprint density at radius 2 is 0.863 bits per heavy atom. The van der Waals surface area contributed by atoms with Crippen LogP contribution in [0.25, 0.3) is 71.7 Å². The molecule has 2 heterocycles. The molecule has 0 saturated heterocycles. The van der Waals surface area contributed by atoms with Crippen LogP contribution in [0.3, 0.4) is 0 Å². The number of furan rings is 1. The third kappa shape index (κ3) is 4.98. The van der Waals surface area contributed by atoms with Gasteiger partial charge in [0.1, 0.15) is 11.2 Å². The minimum absolute atomic E-state index is 0.873. The highest BCUT2D eigenvalue weighted by molar-refractivity contribution is 6.11. The van der Waals surface area contributed by atoms with E-state index in [2.05, 4.69) is 204 Å². The van der Waals surface area contributed by atoms with Crippen LogP contribution in [-0.4, -0.2) is 4.57 Å². The van der Waals surface area contributed by atoms with Crippen LogP contribution < -0.4 is 4.90 Å². The number of hydrogen-bond donors (Lipinski definition) is 0. The van der Waals surface area contributed by atoms with Gasteiger partial charge in [0.15, 0.2) is 0 Å². The van der Waals surface area contributed by atoms with E-state index in [9.17, 15) is 0 Å². The Hall–Kier alpha value is -6.84. The van der Waals surface area contributed by atoms with Crippen LogP contribution in [0.2, 0.25) is 0 Å². The van der Waals surface area contributed by atoms with Crippen molar-refractivity contribution < 1.29 is 4.42 Å². The van der Waals surface area contributed by atoms with Gasteiger partial charge in [0.2, 0.25) is 0 Å². The minimum atomic E-state index is 0.873. The molecule has 0 aliphatic carbocycles. The van der Waals surface area contributed by atoms with E-state index < -0.39 is 0 Å². The topological polar surface area (TPSA) is 21.3 Å². The number of anilines is 3. The van der Waals surface area contributed by atoms with Crippen molar-refractivity contribution in [3.8, 4) is 27.9 Å². The van der Waals surface area contributed by atoms with Crippen molar-refractivity contribution in [2.45, 2.75) is 0 Å². The first-order valence-corrected chi connectivity index (χ1v) is 17.3. The number of para-hydroxylation sites is 3. The Balaban J connectivity index is 1.10. The fraction of sp³-hybridized carbons (Fsp3) is 0. The van der Waals surface area contributed by atoms with Gasteiger partial charge in [-0.2, -0.15) is 0 Å². The molecule has 51 heavy (non-hydrogen) atoms. The number of benzene rings is 8. The predicted molar refractivity (Wildman–Crippen MR) is 214 cm³/mol. The summed E-state index contributed by atoms with van der Waals surface area (Å²) in [4.78, 5) is 2.31. The highest BCUT2D eigenvalue weighted by atomic mass is 16.3. The second-order valence-corrected chi connectivity index (χ2v) is 13.0. The normalized spacial score (nSPS) is 11.5. The Labute approximate surface area is 295 Å². The first kappa shape index (κ1) is 29.1. The standard InChI is InChI=1S/C48H32N2O/c1-4-12-33(13-5-1)34-20-24-39(25-21-34)49(37-14-6-2-7-15-37)40-26-29-48-44(32-40)43-30-35(23-28-47(43)51-48)36-22-27-42-41-18-10-11-19-45(41)50(46(42)31-36)38-16-8-3-9-17-38/h1-32H. The van der Waals surface area contributed by atoms with Gasteiger partial charge in [-0.3, -0.25) is 0 Å². The molecule has 0 aliphatic heterocycles. The van der Waals surface area contributed by atoms with Crippen molar-refractivity contribution in [2.75, 3.05) is 4.90 Å². The van der Waals surface area contributed by atoms with Gasteiger partial charge in [0.25, 0.3) is 0 Å². The van der Waals surface area contributed by atoms with Crippen molar-refractivity contribution >= 4 is 60.8 Å². The van der Waals surface area contributed by atoms with E-state index in [1.807, 2.05) is 0 Å². The highest BCUT2D eigenvalue weighted by Gasteiger charge is 2.17. The van der Waals surface area contributed by atoms with Crippen LogP contribution in [-0.2, 0) is 0 Å². The molecule has 10 aromatic rings. The van der Waals surface area contributed by atoms with Crippen LogP contribution in [0, 0.1) is 0 Å². The maximum absolute atomic E-state index is 6.42. The molecule has 0 spiro atoms. The first-order valence-electron chi connectivity index (χ1n) is 17.3. The molecule has 0 amide bonds. The van der Waals surface area contributed by atoms with E-state index in [-0.39, 0.29) is 0 Å². The summed E-state index contributed by atoms with van der Waals surface area (Å²) in [7, 11) is 0. The first-order chi connectivity index (χ1) is 25.3. The van der Waals surface area contributed by atoms with Gasteiger partial charge < -0.3 is 13.9 Å². The number of nitrogens with zero attached hydrogens (tertiary/aromatic N) is 2. The molecule has 0 atom stereocenters. The van der Waals surface area contributed by atoms with Gasteiger partial charge >= 0.3 is 0 Å². The Kier molecular flexibility index (Phi) is 6.81. The fourth-order valence-electron chi connectivity index (χ4n) is 7.55. The molecule has 8 aromatic carbocycles. The van der Waals surface area contributed by atoms with Crippen molar-refractivity contribution in [3.05, 3.63) is 194 Å². The molecule has 0 unspecified atom stereocenters. The van der Waals surface area contributed by atoms with Crippen molar-refractivity contribution in [2.24, 2.45) is 0 Å². The average molecular weight is 653 g/mol. The molecular formula is C48H32N2O. The van der Waals surface area contributed by atoms with Gasteiger partial charge in [0.05, 0.1) is 11.0 Å². The molecule has 0 fully saturated rings. The fourth-order valence-corrected chi connectivity index (χ4v) is 7.55. The molecule has 0 radical (unpaired) electrons. The van der Waals surface area contributed by atoms with Gasteiger partial charge in [0, 0.05) is 44.3 Å². The number of fused-ring (bicyclic) bond motifs is 6. The SMILES string of the molecule is c1ccc(-c2ccc(N(c3ccccc3)c3ccc4oc5ccc(-c6ccc7c8ccccc8n(-c8ccccc8)c7c6)cc5c4c3)cc2)cc1. The summed E-state index contributed by atoms with van der Waals surface area (Å²) < 4.78 is 8.79. The monoisotopic (exact) mass is 652 g/mol. The van der Waals surface area contributed by atoms with E-state index >= 15 is 0 Å². The summed E-state index contributed by atoms with van der Waals surface area (Å²) in [5, 5.41) is 4.69. The summed E-state index contributed by atoms with van der Waals surface area (Å²) in [6.45, 7) is 0. The number of rotatable bonds is 6. The molecule has 3 nitrogen and oxygen atoms in total. The van der Waals surface area contributed by atoms with E-state index in [1.165, 1.54) is 38.5 Å². The van der Waals surface area contributed by atoms with Gasteiger partial charge in [-0.1, -0.05) is 115 Å². The van der Waals surface area contributed by atoms with Crippen LogP contribution in [0.5, 0.6) is 0 Å². The zero-order valence-corrected chi connectivity index (χ0v) is 27.8. The third-order valence-corrected chi connectivity index (χ3v) is 9.98. The minimum Gasteiger partial charge on any atom is -0.456 e. The summed E-state index contributed by atoms with van der Waals surface area (Å²) in [6.07, 6.45) is 0. The van der Waals surface area contributed by atoms with Crippen LogP contribution in [0.1, 0.15) is 0 Å². The van der Waals surface area contributed by atoms with Gasteiger partial charge in [-0.25, -0.2) is 0 Å². The molecule has 3 heteroatoms. The maximum Gasteiger partial charge on any atom is 0.135 e. The summed E-state index contributed by atoms with van der Waals surface area (Å²) in [5.74, 6) is 0. The predicted octanol–water partition coefficient (Wildman–Crippen LogP) is 13.5. The van der Waals surface area contributed by atoms with E-state index in [0.29, 0.717) is 0 Å². The van der Waals surface area contributed by atoms with Crippen molar-refractivity contribution in [3.63, 3.8) is 0 Å². The lowest BCUT2D eigenvalue weighted by Crippen LogP contribution is -2.09. The third-order valence-electron chi connectivity index (χ3n) is 9.98. The summed E-state index contributed by atoms with van der Waals surface area (Å²) >= 11 is 0. The lowest BCUT2D eigenvalue weighted by Gasteiger charge is -2.25. The van der Waals surface area contributed by atoms with Crippen molar-refractivity contribution in [1.82, 2.24) is 4.57 Å². The Morgan fingerprint density at radius 3 is 1.65 bits per heavy atom. The quantitative estimate of drug-likeness (QED) is 0.178. The summed E-state index contributed by atoms with van der Waals surface area (Å²) in [5.41, 5.74) is 13.3. The van der Waals surface area contributed by atoms with Gasteiger partial charge in [-0.05, 0) is 101 Å². The zero-order valence-electron chi connectivity index (χ0n) is 27.8. The molecule has 240 valence electrons. The van der Waals surface area contributed by atoms with Crippen LogP contribution in [0.4, 0.5) is 17.1 Å². The van der Waals surface area contributed by atoms with E-state index in [0.717, 1.165) is 50.3 Å². The zero-order chi connectivity index (χ0) is 33.7. The van der Waals surface area contributed by atoms with E-state index in [4.69, 9.17) is 4.42 Å². The number of aromatic nitrogens is 1. The molecule has 2 aromatic heterocycles. The lowest BCUT2D eigenvalue weighted by atomic mass is 10.0. The maximum atomic E-state index is 6.42. The smallest absolute Gasteiger partial charge is 0.135 e. The molecule has 0 saturated carbocycles. The Bertz CT molecular complexity index is 2830. The Morgan fingerprint density at radius 1 is 0.333 bits per heavy atom. The van der Waals surface area contributed by atoms with Crippen LogP contribution in [0.15, 0.2) is 199 Å². The van der Waals surface area contributed by atoms with Crippen molar-refractivity contribution in [1.29, 1.82) is 0 Å². The molecular weight excluding hydrogens is 621 g/mol. The largest absolute Gasteiger partial charge is 0.456 e. The molecule has 0 bridgehead atoms. The molecule has 10 rings (SSSR count). The molecule has 0 N–H and O–H groups in total. The average Bonchev–Trinajstić information content (AvgIpc) is 3.74. The second-order valence-electron chi connectivity index (χ2n) is 13.0. The number of hydrogen-bond acceptors (Lipinski definition) is 2. The van der Waals surface area contributed by atoms with Crippen LogP contribution >= 0.6 is 0 Å². The lowest BCUT2D eigenvalue weighted by molar-refractivity contribution is 0.669. The second kappa shape index (κ2) is 11.9. The highest BCUT2D eigenvalue weighted by Crippen LogP contribution is 2.41. The van der Waals surface area contributed by atoms with E-state index in [1.54, 1.807) is 0 Å².